The van der Waals surface area contributed by atoms with E-state index < -0.39 is 17.6 Å². The molecule has 5 nitrogen and oxygen atoms in total. The number of ether oxygens (including phenoxy) is 1. The summed E-state index contributed by atoms with van der Waals surface area (Å²) < 4.78 is 5.50. The standard InChI is InChI=1S/C18H19NO4/c1-18(2,3)23-17(22)13-10-14(12-7-5-4-6-11(12)13)19-15(20)8-9-16(19)21/h4-9,13-14H,10H2,1-3H3/t13-,14-/m0/s1. The van der Waals surface area contributed by atoms with Crippen LogP contribution in [0.15, 0.2) is 36.4 Å². The van der Waals surface area contributed by atoms with Gasteiger partial charge in [-0.15, -0.1) is 0 Å². The fourth-order valence-electron chi connectivity index (χ4n) is 3.17. The first-order chi connectivity index (χ1) is 10.8. The molecular weight excluding hydrogens is 294 g/mol. The predicted octanol–water partition coefficient (Wildman–Crippen LogP) is 2.48. The van der Waals surface area contributed by atoms with E-state index in [1.807, 2.05) is 45.0 Å². The number of esters is 1. The Kier molecular flexibility index (Phi) is 3.59. The zero-order chi connectivity index (χ0) is 16.8. The average Bonchev–Trinajstić information content (AvgIpc) is 2.98. The number of fused-ring (bicyclic) bond motifs is 1. The van der Waals surface area contributed by atoms with Crippen molar-refractivity contribution in [2.24, 2.45) is 0 Å². The highest BCUT2D eigenvalue weighted by Gasteiger charge is 2.43. The van der Waals surface area contributed by atoms with Crippen molar-refractivity contribution in [3.63, 3.8) is 0 Å². The van der Waals surface area contributed by atoms with E-state index in [9.17, 15) is 14.4 Å². The second-order valence-electron chi connectivity index (χ2n) is 6.85. The van der Waals surface area contributed by atoms with Gasteiger partial charge in [-0.2, -0.15) is 0 Å². The summed E-state index contributed by atoms with van der Waals surface area (Å²) in [5.74, 6) is -1.45. The summed E-state index contributed by atoms with van der Waals surface area (Å²) in [6.45, 7) is 5.46. The molecule has 0 radical (unpaired) electrons. The number of imide groups is 1. The average molecular weight is 313 g/mol. The first-order valence-corrected chi connectivity index (χ1v) is 7.65. The van der Waals surface area contributed by atoms with Crippen LogP contribution >= 0.6 is 0 Å². The lowest BCUT2D eigenvalue weighted by molar-refractivity contribution is -0.157. The minimum absolute atomic E-state index is 0.320. The number of nitrogens with zero attached hydrogens (tertiary/aromatic N) is 1. The Morgan fingerprint density at radius 2 is 1.65 bits per heavy atom. The van der Waals surface area contributed by atoms with E-state index in [0.717, 1.165) is 11.1 Å². The number of amides is 2. The Hall–Kier alpha value is -2.43. The summed E-state index contributed by atoms with van der Waals surface area (Å²) in [6, 6.07) is 7.01. The molecule has 0 N–H and O–H groups in total. The molecule has 2 atom stereocenters. The van der Waals surface area contributed by atoms with Gasteiger partial charge in [-0.1, -0.05) is 24.3 Å². The van der Waals surface area contributed by atoms with E-state index in [4.69, 9.17) is 4.74 Å². The molecule has 3 rings (SSSR count). The van der Waals surface area contributed by atoms with Gasteiger partial charge in [0.05, 0.1) is 12.0 Å². The van der Waals surface area contributed by atoms with Crippen molar-refractivity contribution < 1.29 is 19.1 Å². The lowest BCUT2D eigenvalue weighted by atomic mass is 10.0. The van der Waals surface area contributed by atoms with E-state index in [1.54, 1.807) is 0 Å². The molecule has 2 amide bonds. The van der Waals surface area contributed by atoms with Gasteiger partial charge in [0.25, 0.3) is 11.8 Å². The maximum Gasteiger partial charge on any atom is 0.314 e. The third-order valence-corrected chi connectivity index (χ3v) is 4.04. The number of carbonyl (C=O) groups is 3. The van der Waals surface area contributed by atoms with Crippen molar-refractivity contribution >= 4 is 17.8 Å². The van der Waals surface area contributed by atoms with Crippen LogP contribution in [-0.4, -0.2) is 28.3 Å². The number of hydrogen-bond acceptors (Lipinski definition) is 4. The van der Waals surface area contributed by atoms with Gasteiger partial charge in [-0.25, -0.2) is 0 Å². The smallest absolute Gasteiger partial charge is 0.314 e. The van der Waals surface area contributed by atoms with E-state index in [1.165, 1.54) is 17.1 Å². The van der Waals surface area contributed by atoms with Crippen molar-refractivity contribution in [2.45, 2.75) is 44.8 Å². The van der Waals surface area contributed by atoms with Gasteiger partial charge < -0.3 is 4.74 Å². The SMILES string of the molecule is CC(C)(C)OC(=O)[C@H]1C[C@H](N2C(=O)C=CC2=O)c2ccccc21. The molecule has 2 aliphatic rings. The van der Waals surface area contributed by atoms with Crippen LogP contribution in [0.25, 0.3) is 0 Å². The largest absolute Gasteiger partial charge is 0.459 e. The maximum atomic E-state index is 12.5. The number of rotatable bonds is 2. The molecule has 1 aromatic carbocycles. The van der Waals surface area contributed by atoms with Crippen LogP contribution in [0.3, 0.4) is 0 Å². The third-order valence-electron chi connectivity index (χ3n) is 4.04. The molecule has 0 aromatic heterocycles. The molecule has 0 spiro atoms. The Balaban J connectivity index is 1.93. The van der Waals surface area contributed by atoms with Crippen LogP contribution in [-0.2, 0) is 19.1 Å². The highest BCUT2D eigenvalue weighted by Crippen LogP contribution is 2.45. The van der Waals surface area contributed by atoms with Crippen LogP contribution in [0, 0.1) is 0 Å². The van der Waals surface area contributed by atoms with E-state index in [2.05, 4.69) is 0 Å². The van der Waals surface area contributed by atoms with Gasteiger partial charge in [0.15, 0.2) is 0 Å². The lowest BCUT2D eigenvalue weighted by Crippen LogP contribution is -2.33. The molecule has 0 saturated heterocycles. The van der Waals surface area contributed by atoms with Gasteiger partial charge in [-0.3, -0.25) is 19.3 Å². The second-order valence-corrected chi connectivity index (χ2v) is 6.85. The summed E-state index contributed by atoms with van der Waals surface area (Å²) in [5, 5.41) is 0. The van der Waals surface area contributed by atoms with Crippen LogP contribution in [0.2, 0.25) is 0 Å². The first kappa shape index (κ1) is 15.5. The van der Waals surface area contributed by atoms with Gasteiger partial charge in [0.1, 0.15) is 5.60 Å². The van der Waals surface area contributed by atoms with Gasteiger partial charge >= 0.3 is 5.97 Å². The molecule has 23 heavy (non-hydrogen) atoms. The van der Waals surface area contributed by atoms with Crippen molar-refractivity contribution in [3.8, 4) is 0 Å². The fourth-order valence-corrected chi connectivity index (χ4v) is 3.17. The summed E-state index contributed by atoms with van der Waals surface area (Å²) >= 11 is 0. The molecule has 120 valence electrons. The number of carbonyl (C=O) groups excluding carboxylic acids is 3. The molecule has 0 fully saturated rings. The molecule has 1 heterocycles. The topological polar surface area (TPSA) is 63.7 Å². The van der Waals surface area contributed by atoms with Crippen molar-refractivity contribution in [1.82, 2.24) is 4.90 Å². The quantitative estimate of drug-likeness (QED) is 0.621. The number of benzene rings is 1. The number of hydrogen-bond donors (Lipinski definition) is 0. The molecule has 0 bridgehead atoms. The molecule has 5 heteroatoms. The Morgan fingerprint density at radius 1 is 1.09 bits per heavy atom. The maximum absolute atomic E-state index is 12.5. The van der Waals surface area contributed by atoms with Crippen LogP contribution in [0.5, 0.6) is 0 Å². The minimum Gasteiger partial charge on any atom is -0.459 e. The summed E-state index contributed by atoms with van der Waals surface area (Å²) in [5.41, 5.74) is 1.10. The molecular formula is C18H19NO4. The second kappa shape index (κ2) is 5.33. The summed E-state index contributed by atoms with van der Waals surface area (Å²) in [4.78, 5) is 37.7. The van der Waals surface area contributed by atoms with Gasteiger partial charge in [0, 0.05) is 12.2 Å². The normalized spacial score (nSPS) is 23.3. The highest BCUT2D eigenvalue weighted by atomic mass is 16.6. The zero-order valence-corrected chi connectivity index (χ0v) is 13.4. The van der Waals surface area contributed by atoms with Crippen LogP contribution < -0.4 is 0 Å². The Bertz CT molecular complexity index is 696. The molecule has 0 unspecified atom stereocenters. The van der Waals surface area contributed by atoms with E-state index in [0.29, 0.717) is 6.42 Å². The highest BCUT2D eigenvalue weighted by molar-refractivity contribution is 6.13. The van der Waals surface area contributed by atoms with Gasteiger partial charge in [0.2, 0.25) is 0 Å². The van der Waals surface area contributed by atoms with Crippen molar-refractivity contribution in [3.05, 3.63) is 47.5 Å². The van der Waals surface area contributed by atoms with E-state index >= 15 is 0 Å². The monoisotopic (exact) mass is 313 g/mol. The molecule has 1 aromatic rings. The van der Waals surface area contributed by atoms with Gasteiger partial charge in [-0.05, 0) is 38.3 Å². The first-order valence-electron chi connectivity index (χ1n) is 7.65. The fraction of sp³-hybridized carbons (Fsp3) is 0.389. The summed E-state index contributed by atoms with van der Waals surface area (Å²) in [6.07, 6.45) is 2.91. The van der Waals surface area contributed by atoms with Crippen LogP contribution in [0.4, 0.5) is 0 Å². The zero-order valence-electron chi connectivity index (χ0n) is 13.4. The van der Waals surface area contributed by atoms with Crippen LogP contribution in [0.1, 0.15) is 50.3 Å². The van der Waals surface area contributed by atoms with Crippen molar-refractivity contribution in [1.29, 1.82) is 0 Å². The molecule has 1 aliphatic heterocycles. The minimum atomic E-state index is -0.578. The lowest BCUT2D eigenvalue weighted by Gasteiger charge is -2.24. The molecule has 0 saturated carbocycles. The summed E-state index contributed by atoms with van der Waals surface area (Å²) in [7, 11) is 0. The Labute approximate surface area is 134 Å². The van der Waals surface area contributed by atoms with Crippen molar-refractivity contribution in [2.75, 3.05) is 0 Å². The van der Waals surface area contributed by atoms with E-state index in [-0.39, 0.29) is 17.8 Å². The molecule has 1 aliphatic carbocycles. The third kappa shape index (κ3) is 2.79. The predicted molar refractivity (Wildman–Crippen MR) is 83.4 cm³/mol. The Morgan fingerprint density at radius 3 is 2.22 bits per heavy atom.